The third-order valence-corrected chi connectivity index (χ3v) is 4.32. The number of furan rings is 1. The van der Waals surface area contributed by atoms with Crippen molar-refractivity contribution in [3.05, 3.63) is 48.4 Å². The highest BCUT2D eigenvalue weighted by atomic mass is 32.2. The molecule has 0 aliphatic heterocycles. The maximum absolute atomic E-state index is 12.4. The molecule has 0 bridgehead atoms. The van der Waals surface area contributed by atoms with Crippen LogP contribution in [0.5, 0.6) is 0 Å². The Kier molecular flexibility index (Phi) is 3.99. The first-order chi connectivity index (χ1) is 9.72. The summed E-state index contributed by atoms with van der Waals surface area (Å²) in [5, 5.41) is 2.99. The molecule has 1 atom stereocenters. The van der Waals surface area contributed by atoms with E-state index in [0.29, 0.717) is 11.4 Å². The SMILES string of the molecule is CC(Nc1ccc(S(=O)(=O)C(F)(F)F)cc1)c1ccco1. The van der Waals surface area contributed by atoms with Gasteiger partial charge in [-0.2, -0.15) is 13.2 Å². The monoisotopic (exact) mass is 319 g/mol. The maximum Gasteiger partial charge on any atom is 0.501 e. The largest absolute Gasteiger partial charge is 0.501 e. The summed E-state index contributed by atoms with van der Waals surface area (Å²) < 4.78 is 64.8. The van der Waals surface area contributed by atoms with Crippen LogP contribution >= 0.6 is 0 Å². The molecule has 0 radical (unpaired) electrons. The molecule has 1 heterocycles. The number of hydrogen-bond donors (Lipinski definition) is 1. The number of hydrogen-bond acceptors (Lipinski definition) is 4. The molecule has 1 aromatic carbocycles. The van der Waals surface area contributed by atoms with E-state index in [9.17, 15) is 21.6 Å². The van der Waals surface area contributed by atoms with E-state index in [1.807, 2.05) is 0 Å². The van der Waals surface area contributed by atoms with Crippen LogP contribution in [0.15, 0.2) is 52.0 Å². The van der Waals surface area contributed by atoms with Crippen molar-refractivity contribution in [2.75, 3.05) is 5.32 Å². The normalized spacial score (nSPS) is 13.9. The Hall–Kier alpha value is -1.96. The smallest absolute Gasteiger partial charge is 0.467 e. The van der Waals surface area contributed by atoms with Crippen LogP contribution < -0.4 is 5.32 Å². The highest BCUT2D eigenvalue weighted by Crippen LogP contribution is 2.31. The van der Waals surface area contributed by atoms with Crippen molar-refractivity contribution in [3.63, 3.8) is 0 Å². The van der Waals surface area contributed by atoms with E-state index >= 15 is 0 Å². The number of benzene rings is 1. The molecule has 0 saturated heterocycles. The molecule has 0 spiro atoms. The lowest BCUT2D eigenvalue weighted by atomic mass is 10.2. The molecule has 1 aromatic heterocycles. The molecule has 1 unspecified atom stereocenters. The summed E-state index contributed by atoms with van der Waals surface area (Å²) in [6.45, 7) is 1.80. The Morgan fingerprint density at radius 3 is 2.24 bits per heavy atom. The van der Waals surface area contributed by atoms with E-state index in [1.165, 1.54) is 18.4 Å². The predicted octanol–water partition coefficient (Wildman–Crippen LogP) is 3.75. The summed E-state index contributed by atoms with van der Waals surface area (Å²) in [7, 11) is -5.31. The van der Waals surface area contributed by atoms with Crippen molar-refractivity contribution in [1.82, 2.24) is 0 Å². The summed E-state index contributed by atoms with van der Waals surface area (Å²) in [6.07, 6.45) is 1.51. The molecule has 4 nitrogen and oxygen atoms in total. The zero-order valence-corrected chi connectivity index (χ0v) is 11.7. The van der Waals surface area contributed by atoms with Gasteiger partial charge in [-0.25, -0.2) is 8.42 Å². The molecule has 21 heavy (non-hydrogen) atoms. The predicted molar refractivity (Wildman–Crippen MR) is 70.4 cm³/mol. The second-order valence-electron chi connectivity index (χ2n) is 4.35. The summed E-state index contributed by atoms with van der Waals surface area (Å²) in [5.41, 5.74) is -4.82. The molecule has 8 heteroatoms. The first kappa shape index (κ1) is 15.4. The molecule has 0 saturated carbocycles. The fraction of sp³-hybridized carbons (Fsp3) is 0.231. The summed E-state index contributed by atoms with van der Waals surface area (Å²) in [5.74, 6) is 0.655. The van der Waals surface area contributed by atoms with Crippen LogP contribution in [0.3, 0.4) is 0 Å². The Morgan fingerprint density at radius 1 is 1.14 bits per heavy atom. The molecule has 0 aliphatic carbocycles. The van der Waals surface area contributed by atoms with Crippen LogP contribution in [0.2, 0.25) is 0 Å². The number of sulfone groups is 1. The fourth-order valence-electron chi connectivity index (χ4n) is 1.72. The van der Waals surface area contributed by atoms with Crippen molar-refractivity contribution < 1.29 is 26.0 Å². The summed E-state index contributed by atoms with van der Waals surface area (Å²) >= 11 is 0. The Bertz CT molecular complexity index is 691. The highest BCUT2D eigenvalue weighted by Gasteiger charge is 2.46. The van der Waals surface area contributed by atoms with Crippen LogP contribution in [0.4, 0.5) is 18.9 Å². The number of halogens is 3. The minimum Gasteiger partial charge on any atom is -0.467 e. The van der Waals surface area contributed by atoms with Gasteiger partial charge >= 0.3 is 5.51 Å². The minimum absolute atomic E-state index is 0.204. The number of alkyl halides is 3. The molecule has 2 aromatic rings. The molecule has 114 valence electrons. The van der Waals surface area contributed by atoms with Gasteiger partial charge in [0.25, 0.3) is 9.84 Å². The molecule has 0 fully saturated rings. The topological polar surface area (TPSA) is 59.3 Å². The number of anilines is 1. The second-order valence-corrected chi connectivity index (χ2v) is 6.30. The van der Waals surface area contributed by atoms with Crippen LogP contribution in [-0.2, 0) is 9.84 Å². The van der Waals surface area contributed by atoms with E-state index in [2.05, 4.69) is 5.32 Å². The van der Waals surface area contributed by atoms with E-state index < -0.39 is 20.2 Å². The molecule has 0 aliphatic rings. The van der Waals surface area contributed by atoms with Crippen molar-refractivity contribution in [3.8, 4) is 0 Å². The third-order valence-electron chi connectivity index (χ3n) is 2.82. The standard InChI is InChI=1S/C13H12F3NO3S/c1-9(12-3-2-8-20-12)17-10-4-6-11(7-5-10)21(18,19)13(14,15)16/h2-9,17H,1H3. The summed E-state index contributed by atoms with van der Waals surface area (Å²) in [6, 6.07) is 7.65. The fourth-order valence-corrected chi connectivity index (χ4v) is 2.48. The average molecular weight is 319 g/mol. The molecule has 1 N–H and O–H groups in total. The highest BCUT2D eigenvalue weighted by molar-refractivity contribution is 7.92. The Balaban J connectivity index is 2.17. The van der Waals surface area contributed by atoms with Gasteiger partial charge in [0.05, 0.1) is 17.2 Å². The first-order valence-corrected chi connectivity index (χ1v) is 7.41. The lowest BCUT2D eigenvalue weighted by Gasteiger charge is -2.13. The third kappa shape index (κ3) is 3.21. The average Bonchev–Trinajstić information content (AvgIpc) is 2.92. The van der Waals surface area contributed by atoms with Gasteiger partial charge in [-0.1, -0.05) is 0 Å². The van der Waals surface area contributed by atoms with Gasteiger partial charge in [0.2, 0.25) is 0 Å². The maximum atomic E-state index is 12.4. The van der Waals surface area contributed by atoms with Gasteiger partial charge in [0.15, 0.2) is 0 Å². The van der Waals surface area contributed by atoms with Crippen LogP contribution in [0, 0.1) is 0 Å². The van der Waals surface area contributed by atoms with Crippen molar-refractivity contribution in [1.29, 1.82) is 0 Å². The minimum atomic E-state index is -5.31. The molecule has 0 amide bonds. The number of nitrogens with one attached hydrogen (secondary N) is 1. The first-order valence-electron chi connectivity index (χ1n) is 5.93. The van der Waals surface area contributed by atoms with Crippen molar-refractivity contribution in [2.45, 2.75) is 23.4 Å². The van der Waals surface area contributed by atoms with E-state index in [4.69, 9.17) is 4.42 Å². The van der Waals surface area contributed by atoms with E-state index in [-0.39, 0.29) is 6.04 Å². The van der Waals surface area contributed by atoms with Gasteiger partial charge in [-0.3, -0.25) is 0 Å². The quantitative estimate of drug-likeness (QED) is 0.932. The van der Waals surface area contributed by atoms with Crippen LogP contribution in [-0.4, -0.2) is 13.9 Å². The second kappa shape index (κ2) is 5.44. The molecule has 2 rings (SSSR count). The summed E-state index contributed by atoms with van der Waals surface area (Å²) in [4.78, 5) is -0.786. The van der Waals surface area contributed by atoms with Gasteiger partial charge in [0.1, 0.15) is 5.76 Å². The van der Waals surface area contributed by atoms with Crippen molar-refractivity contribution in [2.24, 2.45) is 0 Å². The Morgan fingerprint density at radius 2 is 1.76 bits per heavy atom. The van der Waals surface area contributed by atoms with E-state index in [1.54, 1.807) is 19.1 Å². The Labute approximate surface area is 119 Å². The van der Waals surface area contributed by atoms with Gasteiger partial charge in [-0.15, -0.1) is 0 Å². The van der Waals surface area contributed by atoms with Crippen LogP contribution in [0.25, 0.3) is 0 Å². The number of rotatable bonds is 4. The lowest BCUT2D eigenvalue weighted by molar-refractivity contribution is -0.0436. The molecular formula is C13H12F3NO3S. The zero-order valence-electron chi connectivity index (χ0n) is 10.9. The molecular weight excluding hydrogens is 307 g/mol. The van der Waals surface area contributed by atoms with Gasteiger partial charge < -0.3 is 9.73 Å². The lowest BCUT2D eigenvalue weighted by Crippen LogP contribution is -2.23. The zero-order chi connectivity index (χ0) is 15.7. The van der Waals surface area contributed by atoms with Gasteiger partial charge in [0, 0.05) is 5.69 Å². The van der Waals surface area contributed by atoms with Crippen molar-refractivity contribution >= 4 is 15.5 Å². The van der Waals surface area contributed by atoms with Gasteiger partial charge in [-0.05, 0) is 43.3 Å². The van der Waals surface area contributed by atoms with E-state index in [0.717, 1.165) is 12.1 Å². The van der Waals surface area contributed by atoms with Crippen LogP contribution in [0.1, 0.15) is 18.7 Å².